The molecular weight excluding hydrogens is 263 g/mol. The Bertz CT molecular complexity index is 472. The summed E-state index contributed by atoms with van der Waals surface area (Å²) in [5.41, 5.74) is 3.78. The van der Waals surface area contributed by atoms with Gasteiger partial charge in [-0.3, -0.25) is 4.79 Å². The van der Waals surface area contributed by atoms with Gasteiger partial charge in [0.2, 0.25) is 5.91 Å². The fraction of sp³-hybridized carbons (Fsp3) is 0.333. The van der Waals surface area contributed by atoms with Crippen molar-refractivity contribution in [3.63, 3.8) is 0 Å². The summed E-state index contributed by atoms with van der Waals surface area (Å²) >= 11 is 0. The fourth-order valence-corrected chi connectivity index (χ4v) is 1.32. The van der Waals surface area contributed by atoms with Crippen molar-refractivity contribution >= 4 is 11.9 Å². The third-order valence-electron chi connectivity index (χ3n) is 2.23. The number of primary amides is 1. The van der Waals surface area contributed by atoms with Gasteiger partial charge in [0.25, 0.3) is 0 Å². The second-order valence-corrected chi connectivity index (χ2v) is 3.78. The molecule has 0 atom stereocenters. The Morgan fingerprint density at radius 3 is 2.53 bits per heavy atom. The summed E-state index contributed by atoms with van der Waals surface area (Å²) in [5, 5.41) is 0. The lowest BCUT2D eigenvalue weighted by molar-refractivity contribution is -0.137. The first kappa shape index (κ1) is 15.0. The van der Waals surface area contributed by atoms with Gasteiger partial charge < -0.3 is 10.5 Å². The standard InChI is InChI=1S/C12H12F3NO3/c13-12(14,15)9-4-1-3-8(7-9)11(18)19-6-2-5-10(16)17/h1,3-4,7H,2,5-6H2,(H2,16,17). The summed E-state index contributed by atoms with van der Waals surface area (Å²) in [5.74, 6) is -1.40. The van der Waals surface area contributed by atoms with Crippen LogP contribution in [0.3, 0.4) is 0 Å². The maximum atomic E-state index is 12.4. The van der Waals surface area contributed by atoms with Crippen molar-refractivity contribution in [3.8, 4) is 0 Å². The number of esters is 1. The van der Waals surface area contributed by atoms with Gasteiger partial charge in [0.05, 0.1) is 17.7 Å². The lowest BCUT2D eigenvalue weighted by Gasteiger charge is -2.08. The van der Waals surface area contributed by atoms with Crippen LogP contribution in [0.25, 0.3) is 0 Å². The number of amides is 1. The van der Waals surface area contributed by atoms with Crippen LogP contribution >= 0.6 is 0 Å². The minimum Gasteiger partial charge on any atom is -0.462 e. The van der Waals surface area contributed by atoms with Gasteiger partial charge in [-0.25, -0.2) is 4.79 Å². The smallest absolute Gasteiger partial charge is 0.416 e. The second-order valence-electron chi connectivity index (χ2n) is 3.78. The van der Waals surface area contributed by atoms with Gasteiger partial charge in [-0.2, -0.15) is 13.2 Å². The molecule has 104 valence electrons. The van der Waals surface area contributed by atoms with E-state index < -0.39 is 23.6 Å². The van der Waals surface area contributed by atoms with Crippen LogP contribution in [0.2, 0.25) is 0 Å². The number of ether oxygens (including phenoxy) is 1. The van der Waals surface area contributed by atoms with Crippen LogP contribution in [0.5, 0.6) is 0 Å². The molecule has 0 heterocycles. The molecule has 0 aliphatic carbocycles. The number of nitrogens with two attached hydrogens (primary N) is 1. The number of hydrogen-bond acceptors (Lipinski definition) is 3. The molecular formula is C12H12F3NO3. The van der Waals surface area contributed by atoms with Crippen molar-refractivity contribution in [3.05, 3.63) is 35.4 Å². The van der Waals surface area contributed by atoms with Crippen LogP contribution in [0, 0.1) is 0 Å². The normalized spacial score (nSPS) is 11.1. The van der Waals surface area contributed by atoms with Gasteiger partial charge in [-0.05, 0) is 24.6 Å². The summed E-state index contributed by atoms with van der Waals surface area (Å²) in [4.78, 5) is 21.9. The SMILES string of the molecule is NC(=O)CCCOC(=O)c1cccc(C(F)(F)F)c1. The Hall–Kier alpha value is -2.05. The van der Waals surface area contributed by atoms with Crippen LogP contribution in [-0.4, -0.2) is 18.5 Å². The van der Waals surface area contributed by atoms with Gasteiger partial charge in [-0.15, -0.1) is 0 Å². The molecule has 0 bridgehead atoms. The number of rotatable bonds is 5. The largest absolute Gasteiger partial charge is 0.462 e. The van der Waals surface area contributed by atoms with Gasteiger partial charge in [0.1, 0.15) is 0 Å². The zero-order chi connectivity index (χ0) is 14.5. The average Bonchev–Trinajstić information content (AvgIpc) is 2.33. The molecule has 0 fully saturated rings. The lowest BCUT2D eigenvalue weighted by Crippen LogP contribution is -2.13. The zero-order valence-corrected chi connectivity index (χ0v) is 9.87. The van der Waals surface area contributed by atoms with E-state index in [-0.39, 0.29) is 25.0 Å². The molecule has 1 amide bonds. The van der Waals surface area contributed by atoms with Crippen molar-refractivity contribution in [1.82, 2.24) is 0 Å². The van der Waals surface area contributed by atoms with E-state index in [0.29, 0.717) is 0 Å². The molecule has 1 rings (SSSR count). The van der Waals surface area contributed by atoms with E-state index in [1.165, 1.54) is 6.07 Å². The molecule has 0 aliphatic rings. The molecule has 0 spiro atoms. The molecule has 19 heavy (non-hydrogen) atoms. The molecule has 1 aromatic carbocycles. The van der Waals surface area contributed by atoms with E-state index in [2.05, 4.69) is 0 Å². The summed E-state index contributed by atoms with van der Waals surface area (Å²) in [6, 6.07) is 3.94. The van der Waals surface area contributed by atoms with E-state index in [0.717, 1.165) is 18.2 Å². The molecule has 0 saturated carbocycles. The Morgan fingerprint density at radius 1 is 1.26 bits per heavy atom. The monoisotopic (exact) mass is 275 g/mol. The third-order valence-corrected chi connectivity index (χ3v) is 2.23. The summed E-state index contributed by atoms with van der Waals surface area (Å²) in [6.07, 6.45) is -4.22. The number of alkyl halides is 3. The van der Waals surface area contributed by atoms with Gasteiger partial charge in [0, 0.05) is 6.42 Å². The number of carbonyl (C=O) groups is 2. The van der Waals surface area contributed by atoms with Crippen LogP contribution in [0.1, 0.15) is 28.8 Å². The topological polar surface area (TPSA) is 69.4 Å². The second kappa shape index (κ2) is 6.21. The van der Waals surface area contributed by atoms with Crippen molar-refractivity contribution < 1.29 is 27.5 Å². The first-order valence-corrected chi connectivity index (χ1v) is 5.43. The Labute approximate surface area is 107 Å². The highest BCUT2D eigenvalue weighted by Gasteiger charge is 2.31. The van der Waals surface area contributed by atoms with Crippen molar-refractivity contribution in [2.75, 3.05) is 6.61 Å². The van der Waals surface area contributed by atoms with Gasteiger partial charge >= 0.3 is 12.1 Å². The van der Waals surface area contributed by atoms with E-state index in [1.807, 2.05) is 0 Å². The van der Waals surface area contributed by atoms with Crippen LogP contribution in [-0.2, 0) is 15.7 Å². The Kier molecular flexibility index (Phi) is 4.91. The number of halogens is 3. The average molecular weight is 275 g/mol. The summed E-state index contributed by atoms with van der Waals surface area (Å²) < 4.78 is 42.0. The van der Waals surface area contributed by atoms with Crippen molar-refractivity contribution in [1.29, 1.82) is 0 Å². The predicted octanol–water partition coefficient (Wildman–Crippen LogP) is 2.13. The van der Waals surface area contributed by atoms with Gasteiger partial charge in [0.15, 0.2) is 0 Å². The van der Waals surface area contributed by atoms with E-state index >= 15 is 0 Å². The molecule has 0 saturated heterocycles. The molecule has 0 radical (unpaired) electrons. The van der Waals surface area contributed by atoms with E-state index in [4.69, 9.17) is 10.5 Å². The molecule has 7 heteroatoms. The molecule has 0 aliphatic heterocycles. The highest BCUT2D eigenvalue weighted by Crippen LogP contribution is 2.29. The Balaban J connectivity index is 2.60. The minimum absolute atomic E-state index is 0.0515. The molecule has 0 aromatic heterocycles. The highest BCUT2D eigenvalue weighted by atomic mass is 19.4. The fourth-order valence-electron chi connectivity index (χ4n) is 1.32. The summed E-state index contributed by atoms with van der Waals surface area (Å²) in [6.45, 7) is -0.0714. The van der Waals surface area contributed by atoms with Crippen molar-refractivity contribution in [2.24, 2.45) is 5.73 Å². The number of hydrogen-bond donors (Lipinski definition) is 1. The Morgan fingerprint density at radius 2 is 1.95 bits per heavy atom. The first-order valence-electron chi connectivity index (χ1n) is 5.43. The highest BCUT2D eigenvalue weighted by molar-refractivity contribution is 5.89. The molecule has 4 nitrogen and oxygen atoms in total. The molecule has 1 aromatic rings. The van der Waals surface area contributed by atoms with Crippen LogP contribution in [0.15, 0.2) is 24.3 Å². The van der Waals surface area contributed by atoms with Crippen molar-refractivity contribution in [2.45, 2.75) is 19.0 Å². The summed E-state index contributed by atoms with van der Waals surface area (Å²) in [7, 11) is 0. The maximum Gasteiger partial charge on any atom is 0.416 e. The number of carbonyl (C=O) groups excluding carboxylic acids is 2. The number of benzene rings is 1. The molecule has 2 N–H and O–H groups in total. The molecule has 0 unspecified atom stereocenters. The van der Waals surface area contributed by atoms with E-state index in [9.17, 15) is 22.8 Å². The van der Waals surface area contributed by atoms with E-state index in [1.54, 1.807) is 0 Å². The third kappa shape index (κ3) is 4.99. The van der Waals surface area contributed by atoms with Crippen LogP contribution < -0.4 is 5.73 Å². The first-order chi connectivity index (χ1) is 8.80. The minimum atomic E-state index is -4.51. The quantitative estimate of drug-likeness (QED) is 0.661. The maximum absolute atomic E-state index is 12.4. The van der Waals surface area contributed by atoms with Crippen LogP contribution in [0.4, 0.5) is 13.2 Å². The lowest BCUT2D eigenvalue weighted by atomic mass is 10.1. The predicted molar refractivity (Wildman–Crippen MR) is 60.2 cm³/mol. The zero-order valence-electron chi connectivity index (χ0n) is 9.87. The van der Waals surface area contributed by atoms with Gasteiger partial charge in [-0.1, -0.05) is 6.07 Å².